The van der Waals surface area contributed by atoms with Gasteiger partial charge in [-0.25, -0.2) is 9.78 Å². The number of carbonyl (C=O) groups excluding carboxylic acids is 2. The molecule has 0 saturated heterocycles. The van der Waals surface area contributed by atoms with Crippen LogP contribution in [-0.2, 0) is 16.0 Å². The maximum Gasteiger partial charge on any atom is 0.407 e. The SMILES string of the molecule is CCOC(=O)NC(C(=O)NCCCc1nc2ccccc2s1)C(C)C. The number of hydrogen-bond donors (Lipinski definition) is 2. The Kier molecular flexibility index (Phi) is 7.18. The molecule has 6 nitrogen and oxygen atoms in total. The van der Waals surface area contributed by atoms with E-state index in [0.29, 0.717) is 6.54 Å². The maximum atomic E-state index is 12.3. The normalized spacial score (nSPS) is 12.2. The van der Waals surface area contributed by atoms with Crippen molar-refractivity contribution in [2.75, 3.05) is 13.2 Å². The lowest BCUT2D eigenvalue weighted by Gasteiger charge is -2.21. The number of aromatic nitrogens is 1. The number of aryl methyl sites for hydroxylation is 1. The maximum absolute atomic E-state index is 12.3. The average Bonchev–Trinajstić information content (AvgIpc) is 2.99. The highest BCUT2D eigenvalue weighted by Gasteiger charge is 2.24. The summed E-state index contributed by atoms with van der Waals surface area (Å²) >= 11 is 1.68. The van der Waals surface area contributed by atoms with Crippen LogP contribution >= 0.6 is 11.3 Å². The van der Waals surface area contributed by atoms with E-state index in [4.69, 9.17) is 4.74 Å². The standard InChI is InChI=1S/C18H25N3O3S/c1-4-24-18(23)21-16(12(2)3)17(22)19-11-7-10-15-20-13-8-5-6-9-14(13)25-15/h5-6,8-9,12,16H,4,7,10-11H2,1-3H3,(H,19,22)(H,21,23). The van der Waals surface area contributed by atoms with E-state index in [0.717, 1.165) is 23.4 Å². The van der Waals surface area contributed by atoms with Crippen LogP contribution in [0.1, 0.15) is 32.2 Å². The average molecular weight is 363 g/mol. The summed E-state index contributed by atoms with van der Waals surface area (Å²) in [6.45, 7) is 6.32. The van der Waals surface area contributed by atoms with Crippen LogP contribution in [0.15, 0.2) is 24.3 Å². The highest BCUT2D eigenvalue weighted by atomic mass is 32.1. The number of nitrogens with one attached hydrogen (secondary N) is 2. The summed E-state index contributed by atoms with van der Waals surface area (Å²) in [7, 11) is 0. The van der Waals surface area contributed by atoms with Crippen LogP contribution in [0.3, 0.4) is 0 Å². The fraction of sp³-hybridized carbons (Fsp3) is 0.500. The Labute approximate surface area is 152 Å². The zero-order valence-electron chi connectivity index (χ0n) is 14.9. The van der Waals surface area contributed by atoms with Crippen molar-refractivity contribution in [3.05, 3.63) is 29.3 Å². The van der Waals surface area contributed by atoms with Gasteiger partial charge in [0.15, 0.2) is 0 Å². The summed E-state index contributed by atoms with van der Waals surface area (Å²) in [5.74, 6) is -0.207. The second kappa shape index (κ2) is 9.36. The smallest absolute Gasteiger partial charge is 0.407 e. The molecule has 0 spiro atoms. The first kappa shape index (κ1) is 19.2. The van der Waals surface area contributed by atoms with Gasteiger partial charge < -0.3 is 15.4 Å². The van der Waals surface area contributed by atoms with Crippen molar-refractivity contribution in [3.8, 4) is 0 Å². The zero-order chi connectivity index (χ0) is 18.2. The number of fused-ring (bicyclic) bond motifs is 1. The molecule has 0 aliphatic rings. The summed E-state index contributed by atoms with van der Waals surface area (Å²) in [6, 6.07) is 7.46. The van der Waals surface area contributed by atoms with Crippen LogP contribution in [0.5, 0.6) is 0 Å². The predicted molar refractivity (Wildman–Crippen MR) is 99.7 cm³/mol. The van der Waals surface area contributed by atoms with Gasteiger partial charge in [0.2, 0.25) is 5.91 Å². The molecule has 0 radical (unpaired) electrons. The van der Waals surface area contributed by atoms with E-state index in [1.54, 1.807) is 18.3 Å². The topological polar surface area (TPSA) is 80.3 Å². The summed E-state index contributed by atoms with van der Waals surface area (Å²) < 4.78 is 6.03. The van der Waals surface area contributed by atoms with Crippen molar-refractivity contribution < 1.29 is 14.3 Å². The first-order chi connectivity index (χ1) is 12.0. The van der Waals surface area contributed by atoms with Gasteiger partial charge >= 0.3 is 6.09 Å². The van der Waals surface area contributed by atoms with E-state index >= 15 is 0 Å². The zero-order valence-corrected chi connectivity index (χ0v) is 15.7. The molecule has 0 bridgehead atoms. The molecule has 0 saturated carbocycles. The minimum Gasteiger partial charge on any atom is -0.450 e. The minimum absolute atomic E-state index is 0.0198. The van der Waals surface area contributed by atoms with Gasteiger partial charge in [0.1, 0.15) is 6.04 Å². The van der Waals surface area contributed by atoms with Crippen molar-refractivity contribution in [3.63, 3.8) is 0 Å². The second-order valence-electron chi connectivity index (χ2n) is 6.06. The second-order valence-corrected chi connectivity index (χ2v) is 7.17. The third-order valence-electron chi connectivity index (χ3n) is 3.70. The van der Waals surface area contributed by atoms with Crippen LogP contribution < -0.4 is 10.6 Å². The molecule has 25 heavy (non-hydrogen) atoms. The monoisotopic (exact) mass is 363 g/mol. The number of thiazole rings is 1. The first-order valence-corrected chi connectivity index (χ1v) is 9.38. The summed E-state index contributed by atoms with van der Waals surface area (Å²) in [6.07, 6.45) is 1.05. The van der Waals surface area contributed by atoms with E-state index in [1.807, 2.05) is 32.0 Å². The molecule has 2 rings (SSSR count). The van der Waals surface area contributed by atoms with Gasteiger partial charge in [-0.3, -0.25) is 4.79 Å². The summed E-state index contributed by atoms with van der Waals surface area (Å²) in [5.41, 5.74) is 1.02. The van der Waals surface area contributed by atoms with Gasteiger partial charge in [0, 0.05) is 13.0 Å². The number of amides is 2. The van der Waals surface area contributed by atoms with Crippen LogP contribution in [0.4, 0.5) is 4.79 Å². The lowest BCUT2D eigenvalue weighted by Crippen LogP contribution is -2.50. The molecule has 0 aliphatic heterocycles. The van der Waals surface area contributed by atoms with E-state index < -0.39 is 12.1 Å². The summed E-state index contributed by atoms with van der Waals surface area (Å²) in [5, 5.41) is 6.56. The third-order valence-corrected chi connectivity index (χ3v) is 4.80. The van der Waals surface area contributed by atoms with Crippen LogP contribution in [0.2, 0.25) is 0 Å². The molecule has 1 atom stereocenters. The molecular formula is C18H25N3O3S. The Morgan fingerprint density at radius 3 is 2.72 bits per heavy atom. The lowest BCUT2D eigenvalue weighted by atomic mass is 10.0. The van der Waals surface area contributed by atoms with Gasteiger partial charge in [-0.05, 0) is 31.4 Å². The number of nitrogens with zero attached hydrogens (tertiary/aromatic N) is 1. The molecule has 0 aliphatic carbocycles. The van der Waals surface area contributed by atoms with Crippen LogP contribution in [-0.4, -0.2) is 36.2 Å². The Morgan fingerprint density at radius 2 is 2.04 bits per heavy atom. The number of para-hydroxylation sites is 1. The van der Waals surface area contributed by atoms with E-state index in [2.05, 4.69) is 21.7 Å². The molecule has 1 heterocycles. The Morgan fingerprint density at radius 1 is 1.28 bits per heavy atom. The molecule has 2 amide bonds. The molecule has 2 N–H and O–H groups in total. The molecule has 136 valence electrons. The van der Waals surface area contributed by atoms with Crippen molar-refractivity contribution >= 4 is 33.6 Å². The number of rotatable bonds is 8. The van der Waals surface area contributed by atoms with E-state index in [-0.39, 0.29) is 18.4 Å². The van der Waals surface area contributed by atoms with Gasteiger partial charge in [0.25, 0.3) is 0 Å². The highest BCUT2D eigenvalue weighted by molar-refractivity contribution is 7.18. The quantitative estimate of drug-likeness (QED) is 0.706. The lowest BCUT2D eigenvalue weighted by molar-refractivity contribution is -0.124. The minimum atomic E-state index is -0.596. The number of carbonyl (C=O) groups is 2. The molecule has 1 aromatic carbocycles. The van der Waals surface area contributed by atoms with Crippen molar-refractivity contribution in [1.82, 2.24) is 15.6 Å². The van der Waals surface area contributed by atoms with Gasteiger partial charge in [-0.2, -0.15) is 0 Å². The Hall–Kier alpha value is -2.15. The Bertz CT molecular complexity index is 681. The molecular weight excluding hydrogens is 338 g/mol. The fourth-order valence-corrected chi connectivity index (χ4v) is 3.43. The first-order valence-electron chi connectivity index (χ1n) is 8.56. The largest absolute Gasteiger partial charge is 0.450 e. The molecule has 1 aromatic heterocycles. The molecule has 0 fully saturated rings. The number of benzene rings is 1. The van der Waals surface area contributed by atoms with Gasteiger partial charge in [-0.1, -0.05) is 26.0 Å². The van der Waals surface area contributed by atoms with Gasteiger partial charge in [-0.15, -0.1) is 11.3 Å². The molecule has 7 heteroatoms. The third kappa shape index (κ3) is 5.70. The number of ether oxygens (including phenoxy) is 1. The number of hydrogen-bond acceptors (Lipinski definition) is 5. The predicted octanol–water partition coefficient (Wildman–Crippen LogP) is 3.12. The van der Waals surface area contributed by atoms with E-state index in [1.165, 1.54) is 4.70 Å². The number of alkyl carbamates (subject to hydrolysis) is 1. The van der Waals surface area contributed by atoms with Crippen molar-refractivity contribution in [2.24, 2.45) is 5.92 Å². The van der Waals surface area contributed by atoms with Crippen LogP contribution in [0, 0.1) is 5.92 Å². The molecule has 2 aromatic rings. The van der Waals surface area contributed by atoms with Crippen LogP contribution in [0.25, 0.3) is 10.2 Å². The van der Waals surface area contributed by atoms with Crippen molar-refractivity contribution in [2.45, 2.75) is 39.7 Å². The van der Waals surface area contributed by atoms with Gasteiger partial charge in [0.05, 0.1) is 21.8 Å². The Balaban J connectivity index is 1.78. The molecule has 1 unspecified atom stereocenters. The highest BCUT2D eigenvalue weighted by Crippen LogP contribution is 2.22. The van der Waals surface area contributed by atoms with Crippen molar-refractivity contribution in [1.29, 1.82) is 0 Å². The summed E-state index contributed by atoms with van der Waals surface area (Å²) in [4.78, 5) is 28.4. The van der Waals surface area contributed by atoms with E-state index in [9.17, 15) is 9.59 Å². The fourth-order valence-electron chi connectivity index (χ4n) is 2.42.